The molecule has 10 rings (SSSR count). The number of aliphatic hydroxyl groups is 2. The van der Waals surface area contributed by atoms with Gasteiger partial charge in [-0.2, -0.15) is 0 Å². The predicted octanol–water partition coefficient (Wildman–Crippen LogP) is 2.09. The molecule has 4 N–H and O–H groups in total. The summed E-state index contributed by atoms with van der Waals surface area (Å²) in [7, 11) is 3.89. The minimum absolute atomic E-state index is 0.00369. The monoisotopic (exact) mass is 964 g/mol. The molecule has 20 heteroatoms. The number of likely N-dealkylation sites (tertiary alicyclic amines) is 2. The van der Waals surface area contributed by atoms with E-state index in [4.69, 9.17) is 9.72 Å². The molecular formula is C50H69N13O7. The first-order valence-corrected chi connectivity index (χ1v) is 25.2. The predicted molar refractivity (Wildman–Crippen MR) is 255 cm³/mol. The number of aliphatic hydroxyl groups excluding tert-OH is 2. The molecule has 376 valence electrons. The van der Waals surface area contributed by atoms with Gasteiger partial charge in [0, 0.05) is 86.3 Å². The Morgan fingerprint density at radius 2 is 1.31 bits per heavy atom. The number of imidazole rings is 1. The van der Waals surface area contributed by atoms with Gasteiger partial charge in [-0.15, -0.1) is 10.2 Å². The fraction of sp³-hybridized carbons (Fsp3) is 0.660. The van der Waals surface area contributed by atoms with Crippen LogP contribution < -0.4 is 10.6 Å². The fourth-order valence-electron chi connectivity index (χ4n) is 11.4. The summed E-state index contributed by atoms with van der Waals surface area (Å²) < 4.78 is 11.1. The number of hydrogen-bond donors (Lipinski definition) is 4. The van der Waals surface area contributed by atoms with Crippen LogP contribution in [0.1, 0.15) is 126 Å². The molecule has 0 spiro atoms. The van der Waals surface area contributed by atoms with Crippen molar-refractivity contribution in [3.8, 4) is 11.3 Å². The van der Waals surface area contributed by atoms with Crippen LogP contribution in [0.15, 0.2) is 42.9 Å². The van der Waals surface area contributed by atoms with Crippen LogP contribution in [0.3, 0.4) is 0 Å². The van der Waals surface area contributed by atoms with E-state index in [9.17, 15) is 24.6 Å². The Bertz CT molecular complexity index is 2610. The van der Waals surface area contributed by atoms with Gasteiger partial charge in [0.05, 0.1) is 54.6 Å². The SMILES string of the molecule is CN(C)[C@@H]1COC[C@H]1NC(=O)[C@@H]1C[C@@H](O)CN1C(=O)[C@@H](n1cc(C2CC2)nn1)C(C)(C)c1ccccc1-c1cn2c(n1)CCC(NC(=O)[C@@H]1C[C@@H](O)CN1C(=O)[C@@H](n1cc(C3CC3)nn1)C(C)(C)C)C2. The van der Waals surface area contributed by atoms with Crippen molar-refractivity contribution in [2.24, 2.45) is 5.41 Å². The van der Waals surface area contributed by atoms with E-state index in [2.05, 4.69) is 35.8 Å². The first kappa shape index (κ1) is 48.1. The topological polar surface area (TPSA) is 231 Å². The molecule has 3 aromatic heterocycles. The van der Waals surface area contributed by atoms with Crippen molar-refractivity contribution >= 4 is 23.6 Å². The zero-order chi connectivity index (χ0) is 49.4. The molecule has 70 heavy (non-hydrogen) atoms. The third-order valence-electron chi connectivity index (χ3n) is 15.6. The van der Waals surface area contributed by atoms with E-state index in [-0.39, 0.29) is 73.6 Å². The number of hydrogen-bond acceptors (Lipinski definition) is 13. The van der Waals surface area contributed by atoms with Gasteiger partial charge in [0.1, 0.15) is 30.0 Å². The number of aromatic nitrogens is 8. The van der Waals surface area contributed by atoms with Gasteiger partial charge in [-0.05, 0) is 57.2 Å². The van der Waals surface area contributed by atoms with Crippen molar-refractivity contribution < 1.29 is 34.1 Å². The maximum Gasteiger partial charge on any atom is 0.249 e. The summed E-state index contributed by atoms with van der Waals surface area (Å²) in [4.78, 5) is 68.2. The zero-order valence-corrected chi connectivity index (χ0v) is 41.4. The van der Waals surface area contributed by atoms with Gasteiger partial charge in [0.15, 0.2) is 0 Å². The van der Waals surface area contributed by atoms with Crippen molar-refractivity contribution in [3.63, 3.8) is 0 Å². The Kier molecular flexibility index (Phi) is 12.7. The van der Waals surface area contributed by atoms with Crippen LogP contribution in [0.2, 0.25) is 0 Å². The summed E-state index contributed by atoms with van der Waals surface area (Å²) in [5, 5.41) is 46.1. The van der Waals surface area contributed by atoms with E-state index in [0.29, 0.717) is 44.2 Å². The lowest BCUT2D eigenvalue weighted by Gasteiger charge is -2.38. The van der Waals surface area contributed by atoms with Crippen LogP contribution in [0.4, 0.5) is 0 Å². The first-order chi connectivity index (χ1) is 33.3. The number of nitrogens with one attached hydrogen (secondary N) is 2. The maximum atomic E-state index is 15.3. The van der Waals surface area contributed by atoms with Crippen LogP contribution in [0.5, 0.6) is 0 Å². The average molecular weight is 964 g/mol. The van der Waals surface area contributed by atoms with Crippen molar-refractivity contribution in [1.82, 2.24) is 64.9 Å². The van der Waals surface area contributed by atoms with Crippen molar-refractivity contribution in [2.45, 2.75) is 164 Å². The quantitative estimate of drug-likeness (QED) is 0.142. The Hall–Kier alpha value is -5.57. The smallest absolute Gasteiger partial charge is 0.249 e. The number of likely N-dealkylation sites (N-methyl/N-ethyl adjacent to an activating group) is 1. The largest absolute Gasteiger partial charge is 0.391 e. The molecule has 4 amide bonds. The normalized spacial score (nSPS) is 26.9. The van der Waals surface area contributed by atoms with Crippen molar-refractivity contribution in [2.75, 3.05) is 40.4 Å². The van der Waals surface area contributed by atoms with Gasteiger partial charge in [-0.3, -0.25) is 19.2 Å². The molecule has 2 aliphatic carbocycles. The van der Waals surface area contributed by atoms with Gasteiger partial charge in [-0.1, -0.05) is 69.3 Å². The van der Waals surface area contributed by atoms with Crippen LogP contribution in [0, 0.1) is 5.41 Å². The summed E-state index contributed by atoms with van der Waals surface area (Å²) in [6, 6.07) is 3.93. The lowest BCUT2D eigenvalue weighted by molar-refractivity contribution is -0.144. The number of carbonyl (C=O) groups excluding carboxylic acids is 4. The molecule has 6 aliphatic rings. The standard InChI is InChI=1S/C50H69N13O7/c1-49(2,3)43(62-24-35(54-56-62)28-12-13-28)47(68)60-21-31(64)18-39(60)45(66)51-30-16-17-42-52-37(23-59(42)20-30)33-10-8-9-11-34(33)50(4,5)44(63-25-36(55-57-63)29-14-15-29)48(69)61-22-32(65)19-40(61)46(67)53-38-26-70-27-41(38)58(6)7/h8-11,23-25,28-32,38-41,43-44,64-65H,12-22,26-27H2,1-7H3,(H,51,66)(H,53,67)/t30?,31-,32-,38-,39+,40+,41-,43-,44-/m1/s1. The highest BCUT2D eigenvalue weighted by atomic mass is 16.5. The number of β-amino-alcohol motifs (C(OH)–C–C–N with tert-alkyl or cyclic N) is 2. The van der Waals surface area contributed by atoms with Crippen LogP contribution in [0.25, 0.3) is 11.3 Å². The number of ether oxygens (including phenoxy) is 1. The highest BCUT2D eigenvalue weighted by molar-refractivity contribution is 5.92. The molecule has 1 unspecified atom stereocenters. The minimum atomic E-state index is -0.957. The van der Waals surface area contributed by atoms with E-state index < -0.39 is 47.2 Å². The molecule has 7 heterocycles. The maximum absolute atomic E-state index is 15.3. The zero-order valence-electron chi connectivity index (χ0n) is 41.4. The molecule has 4 aromatic rings. The van der Waals surface area contributed by atoms with E-state index in [1.807, 2.05) is 96.5 Å². The molecule has 5 fully saturated rings. The number of amides is 4. The molecule has 20 nitrogen and oxygen atoms in total. The molecule has 3 saturated heterocycles. The second-order valence-electron chi connectivity index (χ2n) is 22.6. The number of carbonyl (C=O) groups is 4. The highest BCUT2D eigenvalue weighted by Gasteiger charge is 2.50. The molecule has 2 saturated carbocycles. The van der Waals surface area contributed by atoms with Gasteiger partial charge in [-0.25, -0.2) is 14.3 Å². The molecule has 9 atom stereocenters. The number of fused-ring (bicyclic) bond motifs is 1. The second-order valence-corrected chi connectivity index (χ2v) is 22.6. The molecule has 4 aliphatic heterocycles. The number of nitrogens with zero attached hydrogens (tertiary/aromatic N) is 11. The average Bonchev–Trinajstić information content (AvgIpc) is 3.84. The third-order valence-corrected chi connectivity index (χ3v) is 15.6. The highest BCUT2D eigenvalue weighted by Crippen LogP contribution is 2.45. The lowest BCUT2D eigenvalue weighted by Crippen LogP contribution is -2.55. The second kappa shape index (κ2) is 18.6. The number of aryl methyl sites for hydroxylation is 1. The van der Waals surface area contributed by atoms with E-state index in [1.54, 1.807) is 9.36 Å². The van der Waals surface area contributed by atoms with Crippen LogP contribution in [-0.4, -0.2) is 171 Å². The molecular weight excluding hydrogens is 895 g/mol. The Labute approximate surface area is 408 Å². The van der Waals surface area contributed by atoms with Gasteiger partial charge in [0.2, 0.25) is 23.6 Å². The molecule has 1 aromatic carbocycles. The van der Waals surface area contributed by atoms with Gasteiger partial charge >= 0.3 is 0 Å². The number of rotatable bonds is 14. The Morgan fingerprint density at radius 1 is 0.743 bits per heavy atom. The summed E-state index contributed by atoms with van der Waals surface area (Å²) in [6.45, 7) is 11.3. The van der Waals surface area contributed by atoms with Crippen LogP contribution >= 0.6 is 0 Å². The summed E-state index contributed by atoms with van der Waals surface area (Å²) in [5.74, 6) is 0.267. The van der Waals surface area contributed by atoms with Crippen molar-refractivity contribution in [3.05, 3.63) is 65.6 Å². The summed E-state index contributed by atoms with van der Waals surface area (Å²) >= 11 is 0. The summed E-state index contributed by atoms with van der Waals surface area (Å²) in [6.07, 6.45) is 9.55. The Balaban J connectivity index is 0.880. The van der Waals surface area contributed by atoms with E-state index >= 15 is 4.79 Å². The number of benzene rings is 1. The fourth-order valence-corrected chi connectivity index (χ4v) is 11.4. The van der Waals surface area contributed by atoms with Gasteiger partial charge in [0.25, 0.3) is 0 Å². The minimum Gasteiger partial charge on any atom is -0.391 e. The summed E-state index contributed by atoms with van der Waals surface area (Å²) in [5.41, 5.74) is 2.56. The first-order valence-electron chi connectivity index (χ1n) is 25.2. The van der Waals surface area contributed by atoms with E-state index in [0.717, 1.165) is 54.0 Å². The van der Waals surface area contributed by atoms with E-state index in [1.165, 1.54) is 9.80 Å². The van der Waals surface area contributed by atoms with Gasteiger partial charge < -0.3 is 44.9 Å². The van der Waals surface area contributed by atoms with Crippen LogP contribution in [-0.2, 0) is 42.3 Å². The lowest BCUT2D eigenvalue weighted by atomic mass is 9.74. The molecule has 0 bridgehead atoms. The Morgan fingerprint density at radius 3 is 1.90 bits per heavy atom. The van der Waals surface area contributed by atoms with Crippen molar-refractivity contribution in [1.29, 1.82) is 0 Å². The molecule has 0 radical (unpaired) electrons. The third kappa shape index (κ3) is 9.39.